The van der Waals surface area contributed by atoms with E-state index in [1.807, 2.05) is 18.2 Å². The summed E-state index contributed by atoms with van der Waals surface area (Å²) in [7, 11) is 1.31. The Hall–Kier alpha value is -2.14. The van der Waals surface area contributed by atoms with E-state index in [9.17, 15) is 9.59 Å². The van der Waals surface area contributed by atoms with E-state index in [0.717, 1.165) is 17.8 Å². The van der Waals surface area contributed by atoms with Crippen LogP contribution in [-0.4, -0.2) is 24.0 Å². The fourth-order valence-corrected chi connectivity index (χ4v) is 6.80. The minimum atomic E-state index is -0.543. The van der Waals surface area contributed by atoms with Crippen LogP contribution in [0.2, 0.25) is 5.15 Å². The van der Waals surface area contributed by atoms with Gasteiger partial charge in [0.1, 0.15) is 5.15 Å². The van der Waals surface area contributed by atoms with Crippen LogP contribution in [0.5, 0.6) is 0 Å². The molecule has 5 nitrogen and oxygen atoms in total. The number of amides is 1. The average Bonchev–Trinajstić information content (AvgIpc) is 2.65. The molecule has 152 valence electrons. The summed E-state index contributed by atoms with van der Waals surface area (Å²) >= 11 is 6.14. The first-order valence-electron chi connectivity index (χ1n) is 10.4. The number of halogens is 1. The maximum Gasteiger partial charge on any atom is 0.341 e. The van der Waals surface area contributed by atoms with Gasteiger partial charge < -0.3 is 10.1 Å². The standard InChI is InChI=1S/C23H25ClN2O3/c1-29-22(28)17-8-16-18(3-2-4-19(16)26-21(17)24)25-20(27)12-23-9-13-5-14(10-23)7-15(6-13)11-23/h2-4,8,13-15H,5-7,9-12H2,1H3,(H,25,27). The van der Waals surface area contributed by atoms with Crippen molar-refractivity contribution >= 4 is 40.1 Å². The number of carbonyl (C=O) groups excluding carboxylic acids is 2. The highest BCUT2D eigenvalue weighted by Gasteiger charge is 2.51. The van der Waals surface area contributed by atoms with Crippen LogP contribution in [0, 0.1) is 23.2 Å². The van der Waals surface area contributed by atoms with Crippen molar-refractivity contribution in [2.24, 2.45) is 23.2 Å². The molecule has 1 amide bonds. The van der Waals surface area contributed by atoms with E-state index in [2.05, 4.69) is 10.3 Å². The van der Waals surface area contributed by atoms with E-state index in [-0.39, 0.29) is 22.0 Å². The van der Waals surface area contributed by atoms with Gasteiger partial charge in [0.2, 0.25) is 5.91 Å². The Bertz CT molecular complexity index is 968. The zero-order valence-corrected chi connectivity index (χ0v) is 17.3. The van der Waals surface area contributed by atoms with Crippen molar-refractivity contribution in [3.05, 3.63) is 35.0 Å². The molecule has 6 heteroatoms. The second-order valence-corrected chi connectivity index (χ2v) is 9.69. The molecule has 4 saturated carbocycles. The summed E-state index contributed by atoms with van der Waals surface area (Å²) in [5.41, 5.74) is 1.67. The lowest BCUT2D eigenvalue weighted by Gasteiger charge is -2.56. The van der Waals surface area contributed by atoms with Gasteiger partial charge in [0, 0.05) is 11.8 Å². The molecule has 29 heavy (non-hydrogen) atoms. The lowest BCUT2D eigenvalue weighted by molar-refractivity contribution is -0.124. The Morgan fingerprint density at radius 1 is 1.17 bits per heavy atom. The molecule has 4 fully saturated rings. The van der Waals surface area contributed by atoms with Crippen LogP contribution in [0.3, 0.4) is 0 Å². The number of methoxy groups -OCH3 is 1. The molecule has 1 N–H and O–H groups in total. The third kappa shape index (κ3) is 3.39. The number of anilines is 1. The van der Waals surface area contributed by atoms with Crippen molar-refractivity contribution in [1.82, 2.24) is 4.98 Å². The van der Waals surface area contributed by atoms with Gasteiger partial charge in [0.05, 0.1) is 23.9 Å². The summed E-state index contributed by atoms with van der Waals surface area (Å²) in [6.07, 6.45) is 8.29. The van der Waals surface area contributed by atoms with E-state index >= 15 is 0 Å². The number of fused-ring (bicyclic) bond motifs is 1. The topological polar surface area (TPSA) is 68.3 Å². The molecule has 0 unspecified atom stereocenters. The molecule has 0 aliphatic heterocycles. The average molecular weight is 413 g/mol. The van der Waals surface area contributed by atoms with Gasteiger partial charge in [-0.2, -0.15) is 0 Å². The number of carbonyl (C=O) groups is 2. The molecule has 1 aromatic heterocycles. The number of benzene rings is 1. The lowest BCUT2D eigenvalue weighted by atomic mass is 9.49. The Morgan fingerprint density at radius 3 is 2.45 bits per heavy atom. The van der Waals surface area contributed by atoms with Crippen molar-refractivity contribution in [3.63, 3.8) is 0 Å². The van der Waals surface area contributed by atoms with Crippen molar-refractivity contribution in [3.8, 4) is 0 Å². The molecule has 1 aromatic carbocycles. The van der Waals surface area contributed by atoms with E-state index in [1.54, 1.807) is 6.07 Å². The van der Waals surface area contributed by atoms with Gasteiger partial charge in [-0.3, -0.25) is 4.79 Å². The van der Waals surface area contributed by atoms with Gasteiger partial charge in [-0.1, -0.05) is 17.7 Å². The van der Waals surface area contributed by atoms with E-state index in [1.165, 1.54) is 45.6 Å². The van der Waals surface area contributed by atoms with Crippen LogP contribution >= 0.6 is 11.6 Å². The van der Waals surface area contributed by atoms with Crippen molar-refractivity contribution in [1.29, 1.82) is 0 Å². The Kier molecular flexibility index (Phi) is 4.54. The fourth-order valence-electron chi connectivity index (χ4n) is 6.58. The SMILES string of the molecule is COC(=O)c1cc2c(NC(=O)CC34CC5CC(CC(C5)C3)C4)cccc2nc1Cl. The van der Waals surface area contributed by atoms with Gasteiger partial charge in [-0.05, 0) is 79.9 Å². The Morgan fingerprint density at radius 2 is 1.83 bits per heavy atom. The molecule has 4 bridgehead atoms. The summed E-state index contributed by atoms with van der Waals surface area (Å²) in [6, 6.07) is 7.15. The quantitative estimate of drug-likeness (QED) is 0.552. The van der Waals surface area contributed by atoms with E-state index < -0.39 is 5.97 Å². The number of hydrogen-bond acceptors (Lipinski definition) is 4. The predicted octanol–water partition coefficient (Wildman–Crippen LogP) is 5.22. The highest BCUT2D eigenvalue weighted by atomic mass is 35.5. The van der Waals surface area contributed by atoms with Gasteiger partial charge in [0.25, 0.3) is 0 Å². The summed E-state index contributed by atoms with van der Waals surface area (Å²) in [5, 5.41) is 3.88. The zero-order chi connectivity index (χ0) is 20.2. The van der Waals surface area contributed by atoms with E-state index in [0.29, 0.717) is 23.0 Å². The summed E-state index contributed by atoms with van der Waals surface area (Å²) < 4.78 is 4.80. The van der Waals surface area contributed by atoms with Crippen LogP contribution < -0.4 is 5.32 Å². The molecular weight excluding hydrogens is 388 g/mol. The summed E-state index contributed by atoms with van der Waals surface area (Å²) in [4.78, 5) is 29.3. The molecule has 6 rings (SSSR count). The molecule has 4 aliphatic carbocycles. The number of rotatable bonds is 4. The second-order valence-electron chi connectivity index (χ2n) is 9.33. The molecule has 1 heterocycles. The monoisotopic (exact) mass is 412 g/mol. The predicted molar refractivity (Wildman–Crippen MR) is 112 cm³/mol. The maximum absolute atomic E-state index is 13.0. The first-order chi connectivity index (χ1) is 13.9. The van der Waals surface area contributed by atoms with Gasteiger partial charge in [0.15, 0.2) is 0 Å². The molecule has 0 saturated heterocycles. The van der Waals surface area contributed by atoms with Crippen LogP contribution in [-0.2, 0) is 9.53 Å². The molecule has 0 radical (unpaired) electrons. The van der Waals surface area contributed by atoms with Gasteiger partial charge in [-0.25, -0.2) is 9.78 Å². The third-order valence-electron chi connectivity index (χ3n) is 7.19. The smallest absolute Gasteiger partial charge is 0.341 e. The fraction of sp³-hybridized carbons (Fsp3) is 0.522. The van der Waals surface area contributed by atoms with Crippen molar-refractivity contribution in [2.75, 3.05) is 12.4 Å². The highest BCUT2D eigenvalue weighted by Crippen LogP contribution is 2.61. The molecule has 4 aliphatic rings. The Labute approximate surface area is 175 Å². The molecule has 0 atom stereocenters. The summed E-state index contributed by atoms with van der Waals surface area (Å²) in [6.45, 7) is 0. The number of aromatic nitrogens is 1. The number of ether oxygens (including phenoxy) is 1. The highest BCUT2D eigenvalue weighted by molar-refractivity contribution is 6.33. The first kappa shape index (κ1) is 18.9. The maximum atomic E-state index is 13.0. The Balaban J connectivity index is 1.40. The zero-order valence-electron chi connectivity index (χ0n) is 16.5. The first-order valence-corrected chi connectivity index (χ1v) is 10.8. The minimum Gasteiger partial charge on any atom is -0.465 e. The molecule has 0 spiro atoms. The van der Waals surface area contributed by atoms with Crippen LogP contribution in [0.15, 0.2) is 24.3 Å². The molecular formula is C23H25ClN2O3. The van der Waals surface area contributed by atoms with Crippen LogP contribution in [0.4, 0.5) is 5.69 Å². The van der Waals surface area contributed by atoms with Crippen molar-refractivity contribution in [2.45, 2.75) is 44.9 Å². The number of hydrogen-bond donors (Lipinski definition) is 1. The second kappa shape index (κ2) is 6.98. The molecule has 2 aromatic rings. The van der Waals surface area contributed by atoms with Gasteiger partial charge in [-0.15, -0.1) is 0 Å². The number of nitrogens with zero attached hydrogens (tertiary/aromatic N) is 1. The minimum absolute atomic E-state index is 0.0500. The van der Waals surface area contributed by atoms with Crippen LogP contribution in [0.25, 0.3) is 10.9 Å². The number of esters is 1. The number of nitrogens with one attached hydrogen (secondary N) is 1. The summed E-state index contributed by atoms with van der Waals surface area (Å²) in [5.74, 6) is 1.97. The van der Waals surface area contributed by atoms with Crippen LogP contribution in [0.1, 0.15) is 55.3 Å². The third-order valence-corrected chi connectivity index (χ3v) is 7.48. The van der Waals surface area contributed by atoms with E-state index in [4.69, 9.17) is 16.3 Å². The van der Waals surface area contributed by atoms with Gasteiger partial charge >= 0.3 is 5.97 Å². The number of pyridine rings is 1. The largest absolute Gasteiger partial charge is 0.465 e. The normalized spacial score (nSPS) is 29.8. The van der Waals surface area contributed by atoms with Crippen molar-refractivity contribution < 1.29 is 14.3 Å². The lowest BCUT2D eigenvalue weighted by Crippen LogP contribution is -2.47.